The number of likely N-dealkylation sites (tertiary alicyclic amines) is 1. The molecule has 0 radical (unpaired) electrons. The lowest BCUT2D eigenvalue weighted by Gasteiger charge is -2.27. The smallest absolute Gasteiger partial charge is 0.261 e. The van der Waals surface area contributed by atoms with Gasteiger partial charge in [-0.15, -0.1) is 11.3 Å². The van der Waals surface area contributed by atoms with Crippen LogP contribution >= 0.6 is 11.3 Å². The highest BCUT2D eigenvalue weighted by molar-refractivity contribution is 7.20. The molecule has 1 saturated heterocycles. The van der Waals surface area contributed by atoms with Gasteiger partial charge >= 0.3 is 0 Å². The average molecular weight is 542 g/mol. The largest absolute Gasteiger partial charge is 0.488 e. The first-order chi connectivity index (χ1) is 18.4. The Morgan fingerprint density at radius 1 is 1.26 bits per heavy atom. The molecule has 2 aliphatic rings. The van der Waals surface area contributed by atoms with Crippen LogP contribution in [0.3, 0.4) is 0 Å². The quantitative estimate of drug-likeness (QED) is 0.346. The predicted octanol–water partition coefficient (Wildman–Crippen LogP) is 4.31. The number of halogens is 1. The van der Waals surface area contributed by atoms with Gasteiger partial charge in [0.05, 0.1) is 28.2 Å². The van der Waals surface area contributed by atoms with Crippen LogP contribution in [-0.2, 0) is 4.79 Å². The molecule has 5 rings (SSSR count). The van der Waals surface area contributed by atoms with Gasteiger partial charge in [-0.3, -0.25) is 9.59 Å². The molecule has 2 amide bonds. The fraction of sp³-hybridized carbons (Fsp3) is 0.481. The number of carbonyl (C=O) groups is 2. The van der Waals surface area contributed by atoms with Crippen molar-refractivity contribution in [1.82, 2.24) is 20.2 Å². The second-order valence-electron chi connectivity index (χ2n) is 9.87. The summed E-state index contributed by atoms with van der Waals surface area (Å²) in [5.74, 6) is 0.470. The van der Waals surface area contributed by atoms with Crippen LogP contribution in [0.15, 0.2) is 24.5 Å². The maximum absolute atomic E-state index is 14.1. The van der Waals surface area contributed by atoms with E-state index in [2.05, 4.69) is 20.6 Å². The Labute approximate surface area is 224 Å². The van der Waals surface area contributed by atoms with Gasteiger partial charge in [0.2, 0.25) is 5.91 Å². The molecule has 1 saturated carbocycles. The summed E-state index contributed by atoms with van der Waals surface area (Å²) in [6.45, 7) is 3.77. The number of aliphatic hydroxyl groups excluding tert-OH is 1. The highest BCUT2D eigenvalue weighted by Crippen LogP contribution is 2.37. The lowest BCUT2D eigenvalue weighted by molar-refractivity contribution is -0.127. The number of nitrogens with zero attached hydrogens (tertiary/aromatic N) is 3. The van der Waals surface area contributed by atoms with Crippen LogP contribution in [0.4, 0.5) is 15.9 Å². The number of carbonyl (C=O) groups excluding carboxylic acids is 2. The number of hydrogen-bond donors (Lipinski definition) is 3. The number of aryl methyl sites for hydroxylation is 1. The molecule has 0 bridgehead atoms. The second kappa shape index (κ2) is 11.6. The molecule has 0 spiro atoms. The van der Waals surface area contributed by atoms with Gasteiger partial charge in [-0.2, -0.15) is 0 Å². The maximum atomic E-state index is 14.1. The zero-order valence-electron chi connectivity index (χ0n) is 21.3. The first-order valence-corrected chi connectivity index (χ1v) is 13.9. The number of hydrogen-bond acceptors (Lipinski definition) is 8. The normalized spacial score (nSPS) is 19.7. The minimum Gasteiger partial charge on any atom is -0.488 e. The molecule has 38 heavy (non-hydrogen) atoms. The lowest BCUT2D eigenvalue weighted by atomic mass is 9.95. The molecule has 202 valence electrons. The van der Waals surface area contributed by atoms with Crippen molar-refractivity contribution in [2.45, 2.75) is 64.1 Å². The van der Waals surface area contributed by atoms with E-state index in [9.17, 15) is 19.1 Å². The number of amides is 2. The number of ether oxygens (including phenoxy) is 1. The zero-order valence-corrected chi connectivity index (χ0v) is 22.2. The molecule has 0 unspecified atom stereocenters. The molecule has 3 N–H and O–H groups in total. The van der Waals surface area contributed by atoms with Crippen molar-refractivity contribution in [1.29, 1.82) is 0 Å². The van der Waals surface area contributed by atoms with E-state index in [0.717, 1.165) is 23.9 Å². The van der Waals surface area contributed by atoms with Gasteiger partial charge in [0.1, 0.15) is 28.5 Å². The van der Waals surface area contributed by atoms with Gasteiger partial charge in [-0.1, -0.05) is 0 Å². The van der Waals surface area contributed by atoms with E-state index in [-0.39, 0.29) is 24.0 Å². The summed E-state index contributed by atoms with van der Waals surface area (Å²) in [5, 5.41) is 16.7. The van der Waals surface area contributed by atoms with Crippen LogP contribution in [0.25, 0.3) is 10.2 Å². The van der Waals surface area contributed by atoms with E-state index >= 15 is 0 Å². The van der Waals surface area contributed by atoms with Gasteiger partial charge in [0.25, 0.3) is 5.91 Å². The third-order valence-corrected chi connectivity index (χ3v) is 8.33. The Morgan fingerprint density at radius 3 is 2.84 bits per heavy atom. The fourth-order valence-electron chi connectivity index (χ4n) is 5.04. The van der Waals surface area contributed by atoms with Gasteiger partial charge in [0.15, 0.2) is 0 Å². The summed E-state index contributed by atoms with van der Waals surface area (Å²) in [6, 6.07) is 4.31. The highest BCUT2D eigenvalue weighted by atomic mass is 32.1. The van der Waals surface area contributed by atoms with Crippen molar-refractivity contribution < 1.29 is 23.8 Å². The van der Waals surface area contributed by atoms with Crippen molar-refractivity contribution in [2.24, 2.45) is 0 Å². The highest BCUT2D eigenvalue weighted by Gasteiger charge is 2.24. The molecule has 0 atom stereocenters. The molecule has 1 aliphatic carbocycles. The van der Waals surface area contributed by atoms with Crippen LogP contribution in [-0.4, -0.2) is 63.6 Å². The number of aromatic nitrogens is 2. The maximum Gasteiger partial charge on any atom is 0.261 e. The molecule has 2 aromatic heterocycles. The molecule has 2 fully saturated rings. The number of anilines is 2. The SMILES string of the molecule is Cc1c(C(=O)NCCCN2CCCC2=O)sc2ncnc(Nc3ccc(F)cc3O[C@H]3CC[C@H](O)CC3)c12. The second-order valence-corrected chi connectivity index (χ2v) is 10.9. The summed E-state index contributed by atoms with van der Waals surface area (Å²) < 4.78 is 20.2. The van der Waals surface area contributed by atoms with Crippen molar-refractivity contribution in [3.63, 3.8) is 0 Å². The van der Waals surface area contributed by atoms with Crippen LogP contribution in [0.1, 0.15) is 60.2 Å². The van der Waals surface area contributed by atoms with E-state index in [0.29, 0.717) is 78.6 Å². The number of nitrogens with one attached hydrogen (secondary N) is 2. The molecule has 3 aromatic rings. The van der Waals surface area contributed by atoms with E-state index in [1.165, 1.54) is 29.8 Å². The van der Waals surface area contributed by atoms with Crippen molar-refractivity contribution in [3.05, 3.63) is 40.8 Å². The minimum atomic E-state index is -0.408. The molecule has 11 heteroatoms. The number of fused-ring (bicyclic) bond motifs is 1. The van der Waals surface area contributed by atoms with Crippen molar-refractivity contribution >= 4 is 44.9 Å². The van der Waals surface area contributed by atoms with E-state index in [1.807, 2.05) is 11.8 Å². The molecular formula is C27H32FN5O4S. The first-order valence-electron chi connectivity index (χ1n) is 13.1. The van der Waals surface area contributed by atoms with Crippen LogP contribution in [0.5, 0.6) is 5.75 Å². The molecular weight excluding hydrogens is 509 g/mol. The standard InChI is InChI=1S/C27H32FN5O4S/c1-16-23-25(32-20-10-5-17(28)14-21(20)37-19-8-6-18(34)7-9-19)30-15-31-27(23)38-24(16)26(36)29-11-3-13-33-12-2-4-22(33)35/h5,10,14-15,18-19,34H,2-4,6-9,11-13H2,1H3,(H,29,36)(H,30,31,32)/t18-,19-. The first kappa shape index (κ1) is 26.3. The van der Waals surface area contributed by atoms with Crippen molar-refractivity contribution in [2.75, 3.05) is 25.0 Å². The monoisotopic (exact) mass is 541 g/mol. The average Bonchev–Trinajstić information content (AvgIpc) is 3.47. The predicted molar refractivity (Wildman–Crippen MR) is 143 cm³/mol. The summed E-state index contributed by atoms with van der Waals surface area (Å²) in [4.78, 5) is 36.6. The number of benzene rings is 1. The van der Waals surface area contributed by atoms with Gasteiger partial charge < -0.3 is 25.4 Å². The minimum absolute atomic E-state index is 0.104. The Hall–Kier alpha value is -3.31. The molecule has 3 heterocycles. The Balaban J connectivity index is 1.30. The van der Waals surface area contributed by atoms with Crippen LogP contribution < -0.4 is 15.4 Å². The molecule has 9 nitrogen and oxygen atoms in total. The summed E-state index contributed by atoms with van der Waals surface area (Å²) in [5.41, 5.74) is 1.32. The van der Waals surface area contributed by atoms with Gasteiger partial charge in [-0.25, -0.2) is 14.4 Å². The third-order valence-electron chi connectivity index (χ3n) is 7.13. The topological polar surface area (TPSA) is 117 Å². The van der Waals surface area contributed by atoms with Crippen LogP contribution in [0.2, 0.25) is 0 Å². The Bertz CT molecular complexity index is 1320. The fourth-order valence-corrected chi connectivity index (χ4v) is 6.11. The van der Waals surface area contributed by atoms with Crippen molar-refractivity contribution in [3.8, 4) is 5.75 Å². The Kier molecular flexibility index (Phi) is 8.04. The summed E-state index contributed by atoms with van der Waals surface area (Å²) >= 11 is 1.29. The summed E-state index contributed by atoms with van der Waals surface area (Å²) in [7, 11) is 0. The summed E-state index contributed by atoms with van der Waals surface area (Å²) in [6.07, 6.45) is 5.94. The number of aliphatic hydroxyl groups is 1. The molecule has 1 aliphatic heterocycles. The van der Waals surface area contributed by atoms with E-state index in [4.69, 9.17) is 4.74 Å². The number of rotatable bonds is 9. The third kappa shape index (κ3) is 5.88. The van der Waals surface area contributed by atoms with Gasteiger partial charge in [-0.05, 0) is 63.1 Å². The van der Waals surface area contributed by atoms with E-state index < -0.39 is 5.82 Å². The molecule has 1 aromatic carbocycles. The zero-order chi connectivity index (χ0) is 26.6. The number of thiophene rings is 1. The van der Waals surface area contributed by atoms with Gasteiger partial charge in [0, 0.05) is 32.1 Å². The van der Waals surface area contributed by atoms with Crippen LogP contribution in [0, 0.1) is 12.7 Å². The Morgan fingerprint density at radius 2 is 2.08 bits per heavy atom. The lowest BCUT2D eigenvalue weighted by Crippen LogP contribution is -2.30. The van der Waals surface area contributed by atoms with E-state index in [1.54, 1.807) is 6.07 Å².